The van der Waals surface area contributed by atoms with Gasteiger partial charge in [0.05, 0.1) is 26.0 Å². The largest absolute Gasteiger partial charge is 0.324 e. The molecule has 0 saturated carbocycles. The van der Waals surface area contributed by atoms with Gasteiger partial charge in [-0.15, -0.1) is 10.2 Å². The number of hydrogen-bond donors (Lipinski definition) is 1. The molecular weight excluding hydrogens is 415 g/mol. The number of nitrogens with one attached hydrogen (secondary N) is 1. The highest BCUT2D eigenvalue weighted by atomic mass is 35.5. The molecule has 1 aromatic heterocycles. The summed E-state index contributed by atoms with van der Waals surface area (Å²) in [6.45, 7) is 1.77. The van der Waals surface area contributed by atoms with Gasteiger partial charge in [-0.2, -0.15) is 0 Å². The number of anilines is 1. The summed E-state index contributed by atoms with van der Waals surface area (Å²) in [6, 6.07) is 12.7. The summed E-state index contributed by atoms with van der Waals surface area (Å²) in [7, 11) is 0. The van der Waals surface area contributed by atoms with E-state index in [-0.39, 0.29) is 5.91 Å². The third kappa shape index (κ3) is 4.32. The Morgan fingerprint density at radius 3 is 2.54 bits per heavy atom. The molecule has 3 rings (SSSR count). The maximum atomic E-state index is 12.5. The summed E-state index contributed by atoms with van der Waals surface area (Å²) in [5.74, 6) is -0.238. The van der Waals surface area contributed by atoms with Gasteiger partial charge >= 0.3 is 0 Å². The molecule has 0 aliphatic carbocycles. The number of carbonyl (C=O) groups excluding carboxylic acids is 1. The number of thioether (sulfide) groups is 1. The Labute approximate surface area is 169 Å². The van der Waals surface area contributed by atoms with Gasteiger partial charge in [0.15, 0.2) is 5.16 Å². The molecule has 0 bridgehead atoms. The molecule has 0 aliphatic heterocycles. The van der Waals surface area contributed by atoms with Crippen LogP contribution < -0.4 is 5.32 Å². The third-order valence-electron chi connectivity index (χ3n) is 3.47. The Bertz CT molecular complexity index is 933. The number of hydrogen-bond acceptors (Lipinski definition) is 4. The van der Waals surface area contributed by atoms with Crippen molar-refractivity contribution in [2.24, 2.45) is 0 Å². The fourth-order valence-electron chi connectivity index (χ4n) is 2.13. The second kappa shape index (κ2) is 8.31. The molecule has 1 N–H and O–H groups in total. The van der Waals surface area contributed by atoms with Crippen LogP contribution in [0.1, 0.15) is 6.92 Å². The molecule has 0 saturated heterocycles. The minimum Gasteiger partial charge on any atom is -0.324 e. The van der Waals surface area contributed by atoms with Crippen LogP contribution >= 0.6 is 46.6 Å². The Balaban J connectivity index is 1.73. The van der Waals surface area contributed by atoms with Gasteiger partial charge in [0, 0.05) is 5.69 Å². The summed E-state index contributed by atoms with van der Waals surface area (Å²) in [4.78, 5) is 12.5. The van der Waals surface area contributed by atoms with Crippen LogP contribution in [0.3, 0.4) is 0 Å². The first-order chi connectivity index (χ1) is 12.5. The maximum absolute atomic E-state index is 12.5. The summed E-state index contributed by atoms with van der Waals surface area (Å²) < 4.78 is 1.82. The zero-order valence-electron chi connectivity index (χ0n) is 13.5. The van der Waals surface area contributed by atoms with Crippen molar-refractivity contribution in [1.29, 1.82) is 0 Å². The van der Waals surface area contributed by atoms with E-state index in [9.17, 15) is 4.79 Å². The van der Waals surface area contributed by atoms with Gasteiger partial charge in [-0.1, -0.05) is 64.8 Å². The van der Waals surface area contributed by atoms with Crippen molar-refractivity contribution in [2.45, 2.75) is 17.3 Å². The number of nitrogens with zero attached hydrogens (tertiary/aromatic N) is 3. The summed E-state index contributed by atoms with van der Waals surface area (Å²) >= 11 is 19.3. The quantitative estimate of drug-likeness (QED) is 0.440. The van der Waals surface area contributed by atoms with Gasteiger partial charge in [0.2, 0.25) is 5.91 Å². The topological polar surface area (TPSA) is 59.8 Å². The van der Waals surface area contributed by atoms with Crippen molar-refractivity contribution in [2.75, 3.05) is 5.32 Å². The van der Waals surface area contributed by atoms with Crippen molar-refractivity contribution < 1.29 is 4.79 Å². The number of para-hydroxylation sites is 1. The van der Waals surface area contributed by atoms with Gasteiger partial charge in [-0.3, -0.25) is 9.36 Å². The number of benzene rings is 2. The average molecular weight is 428 g/mol. The molecule has 9 heteroatoms. The minimum atomic E-state index is -0.438. The predicted octanol–water partition coefficient (Wildman–Crippen LogP) is 5.35. The van der Waals surface area contributed by atoms with E-state index >= 15 is 0 Å². The average Bonchev–Trinajstić information content (AvgIpc) is 3.08. The lowest BCUT2D eigenvalue weighted by molar-refractivity contribution is -0.115. The lowest BCUT2D eigenvalue weighted by Gasteiger charge is -2.14. The number of rotatable bonds is 5. The standard InChI is InChI=1S/C17H13Cl3N4OS/c1-10(16(25)22-15-8-13(19)12(18)7-14(15)20)26-17-23-21-9-24(17)11-5-3-2-4-6-11/h2-10H,1H3,(H,22,25). The molecule has 0 spiro atoms. The lowest BCUT2D eigenvalue weighted by Crippen LogP contribution is -2.23. The zero-order valence-corrected chi connectivity index (χ0v) is 16.6. The van der Waals surface area contributed by atoms with E-state index in [0.717, 1.165) is 5.69 Å². The second-order valence-electron chi connectivity index (χ2n) is 5.31. The summed E-state index contributed by atoms with van der Waals surface area (Å²) in [5.41, 5.74) is 1.32. The van der Waals surface area contributed by atoms with Gasteiger partial charge in [-0.05, 0) is 31.2 Å². The highest BCUT2D eigenvalue weighted by molar-refractivity contribution is 8.00. The van der Waals surface area contributed by atoms with Gasteiger partial charge < -0.3 is 5.32 Å². The first-order valence-electron chi connectivity index (χ1n) is 7.53. The molecule has 2 aromatic carbocycles. The fourth-order valence-corrected chi connectivity index (χ4v) is 3.57. The Morgan fingerprint density at radius 1 is 1.12 bits per heavy atom. The van der Waals surface area contributed by atoms with E-state index in [2.05, 4.69) is 15.5 Å². The number of carbonyl (C=O) groups is 1. The van der Waals surface area contributed by atoms with Crippen LogP contribution in [0.2, 0.25) is 15.1 Å². The van der Waals surface area contributed by atoms with Crippen LogP contribution in [0.5, 0.6) is 0 Å². The molecule has 0 radical (unpaired) electrons. The Hall–Kier alpha value is -1.73. The first kappa shape index (κ1) is 19.0. The molecule has 134 valence electrons. The smallest absolute Gasteiger partial charge is 0.237 e. The molecule has 0 aliphatic rings. The molecule has 0 fully saturated rings. The molecule has 1 atom stereocenters. The van der Waals surface area contributed by atoms with Crippen LogP contribution in [-0.4, -0.2) is 25.9 Å². The predicted molar refractivity (Wildman–Crippen MR) is 107 cm³/mol. The molecule has 5 nitrogen and oxygen atoms in total. The van der Waals surface area contributed by atoms with Crippen molar-refractivity contribution in [3.63, 3.8) is 0 Å². The van der Waals surface area contributed by atoms with E-state index in [1.54, 1.807) is 13.3 Å². The van der Waals surface area contributed by atoms with Crippen LogP contribution in [0.4, 0.5) is 5.69 Å². The molecule has 1 amide bonds. The van der Waals surface area contributed by atoms with E-state index < -0.39 is 5.25 Å². The summed E-state index contributed by atoms with van der Waals surface area (Å²) in [6.07, 6.45) is 1.61. The van der Waals surface area contributed by atoms with E-state index in [1.165, 1.54) is 23.9 Å². The number of aromatic nitrogens is 3. The van der Waals surface area contributed by atoms with Crippen molar-refractivity contribution in [3.8, 4) is 5.69 Å². The molecule has 1 heterocycles. The van der Waals surface area contributed by atoms with Crippen LogP contribution in [0, 0.1) is 0 Å². The number of halogens is 3. The third-order valence-corrected chi connectivity index (χ3v) is 5.56. The fraction of sp³-hybridized carbons (Fsp3) is 0.118. The lowest BCUT2D eigenvalue weighted by atomic mass is 10.3. The molecular formula is C17H13Cl3N4OS. The highest BCUT2D eigenvalue weighted by Gasteiger charge is 2.20. The second-order valence-corrected chi connectivity index (χ2v) is 7.84. The van der Waals surface area contributed by atoms with Gasteiger partial charge in [0.1, 0.15) is 6.33 Å². The van der Waals surface area contributed by atoms with Crippen LogP contribution in [-0.2, 0) is 4.79 Å². The molecule has 1 unspecified atom stereocenters. The normalized spacial score (nSPS) is 12.0. The Morgan fingerprint density at radius 2 is 1.81 bits per heavy atom. The van der Waals surface area contributed by atoms with Crippen LogP contribution in [0.15, 0.2) is 53.9 Å². The van der Waals surface area contributed by atoms with Crippen molar-refractivity contribution in [3.05, 3.63) is 63.9 Å². The summed E-state index contributed by atoms with van der Waals surface area (Å²) in [5, 5.41) is 11.9. The Kier molecular flexibility index (Phi) is 6.09. The first-order valence-corrected chi connectivity index (χ1v) is 9.54. The van der Waals surface area contributed by atoms with Gasteiger partial charge in [-0.25, -0.2) is 0 Å². The SMILES string of the molecule is CC(Sc1nncn1-c1ccccc1)C(=O)Nc1cc(Cl)c(Cl)cc1Cl. The van der Waals surface area contributed by atoms with E-state index in [1.807, 2.05) is 34.9 Å². The maximum Gasteiger partial charge on any atom is 0.237 e. The zero-order chi connectivity index (χ0) is 18.7. The van der Waals surface area contributed by atoms with E-state index in [4.69, 9.17) is 34.8 Å². The molecule has 26 heavy (non-hydrogen) atoms. The van der Waals surface area contributed by atoms with Crippen LogP contribution in [0.25, 0.3) is 5.69 Å². The highest BCUT2D eigenvalue weighted by Crippen LogP contribution is 2.33. The molecule has 3 aromatic rings. The monoisotopic (exact) mass is 426 g/mol. The number of amides is 1. The van der Waals surface area contributed by atoms with E-state index in [0.29, 0.717) is 25.9 Å². The van der Waals surface area contributed by atoms with Gasteiger partial charge in [0.25, 0.3) is 0 Å². The minimum absolute atomic E-state index is 0.238. The van der Waals surface area contributed by atoms with Crippen molar-refractivity contribution in [1.82, 2.24) is 14.8 Å². The van der Waals surface area contributed by atoms with Crippen molar-refractivity contribution >= 4 is 58.2 Å².